The van der Waals surface area contributed by atoms with Gasteiger partial charge in [0.1, 0.15) is 0 Å². The first-order chi connectivity index (χ1) is 9.52. The number of benzene rings is 1. The van der Waals surface area contributed by atoms with Crippen LogP contribution in [0.25, 0.3) is 0 Å². The molecule has 0 aliphatic carbocycles. The lowest BCUT2D eigenvalue weighted by Crippen LogP contribution is -2.52. The fourth-order valence-corrected chi connectivity index (χ4v) is 3.79. The highest BCUT2D eigenvalue weighted by atomic mass is 15.2. The maximum atomic E-state index is 3.61. The minimum atomic E-state index is 0.200. The van der Waals surface area contributed by atoms with Gasteiger partial charge in [0, 0.05) is 5.54 Å². The van der Waals surface area contributed by atoms with E-state index in [0.29, 0.717) is 6.04 Å². The van der Waals surface area contributed by atoms with E-state index in [1.54, 1.807) is 0 Å². The van der Waals surface area contributed by atoms with Crippen LogP contribution in [-0.4, -0.2) is 30.6 Å². The Morgan fingerprint density at radius 2 is 1.90 bits per heavy atom. The lowest BCUT2D eigenvalue weighted by Gasteiger charge is -2.45. The summed E-state index contributed by atoms with van der Waals surface area (Å²) in [5.41, 5.74) is 4.41. The van der Waals surface area contributed by atoms with Crippen LogP contribution in [0.4, 0.5) is 0 Å². The zero-order chi connectivity index (χ0) is 14.8. The van der Waals surface area contributed by atoms with Crippen molar-refractivity contribution in [3.63, 3.8) is 0 Å². The third-order valence-electron chi connectivity index (χ3n) is 5.19. The molecule has 0 saturated carbocycles. The topological polar surface area (TPSA) is 15.3 Å². The van der Waals surface area contributed by atoms with Gasteiger partial charge in [-0.25, -0.2) is 0 Å². The first kappa shape index (κ1) is 15.5. The summed E-state index contributed by atoms with van der Waals surface area (Å²) in [5, 5.41) is 3.61. The summed E-state index contributed by atoms with van der Waals surface area (Å²) in [5.74, 6) is 0. The fraction of sp³-hybridized carbons (Fsp3) is 0.667. The summed E-state index contributed by atoms with van der Waals surface area (Å²) in [7, 11) is 2.11. The monoisotopic (exact) mass is 274 g/mol. The second-order valence-electron chi connectivity index (χ2n) is 6.49. The smallest absolute Gasteiger partial charge is 0.0504 e. The Hall–Kier alpha value is -0.860. The van der Waals surface area contributed by atoms with E-state index in [0.717, 1.165) is 0 Å². The summed E-state index contributed by atoms with van der Waals surface area (Å²) >= 11 is 0. The van der Waals surface area contributed by atoms with E-state index in [2.05, 4.69) is 63.2 Å². The summed E-state index contributed by atoms with van der Waals surface area (Å²) in [6.45, 7) is 11.7. The first-order valence-electron chi connectivity index (χ1n) is 8.02. The van der Waals surface area contributed by atoms with E-state index in [4.69, 9.17) is 0 Å². The van der Waals surface area contributed by atoms with E-state index in [1.165, 1.54) is 49.0 Å². The van der Waals surface area contributed by atoms with Gasteiger partial charge in [-0.05, 0) is 71.3 Å². The molecule has 0 spiro atoms. The Balaban J connectivity index is 2.38. The van der Waals surface area contributed by atoms with E-state index in [-0.39, 0.29) is 5.54 Å². The van der Waals surface area contributed by atoms with E-state index in [1.807, 2.05) is 0 Å². The molecule has 2 rings (SSSR count). The van der Waals surface area contributed by atoms with Crippen LogP contribution in [0.5, 0.6) is 0 Å². The molecule has 1 aliphatic heterocycles. The van der Waals surface area contributed by atoms with Gasteiger partial charge < -0.3 is 5.32 Å². The molecule has 2 unspecified atom stereocenters. The molecule has 20 heavy (non-hydrogen) atoms. The van der Waals surface area contributed by atoms with Crippen molar-refractivity contribution in [2.24, 2.45) is 0 Å². The molecule has 2 atom stereocenters. The molecular weight excluding hydrogens is 244 g/mol. The van der Waals surface area contributed by atoms with Crippen LogP contribution in [-0.2, 0) is 0 Å². The van der Waals surface area contributed by atoms with Crippen molar-refractivity contribution in [2.75, 3.05) is 20.1 Å². The van der Waals surface area contributed by atoms with Crippen molar-refractivity contribution in [3.05, 3.63) is 34.9 Å². The van der Waals surface area contributed by atoms with Gasteiger partial charge in [-0.3, -0.25) is 4.90 Å². The molecule has 0 amide bonds. The number of nitrogens with one attached hydrogen (secondary N) is 1. The second-order valence-corrected chi connectivity index (χ2v) is 6.49. The Morgan fingerprint density at radius 1 is 1.25 bits per heavy atom. The average Bonchev–Trinajstić information content (AvgIpc) is 2.96. The Bertz CT molecular complexity index is 449. The standard InChI is InChI=1S/C18H30N2/c1-6-18(4,20-11-7-8-12-20)17(19-5)16-10-9-14(2)13-15(16)3/h9-10,13,17,19H,6-8,11-12H2,1-5H3. The Labute approximate surface area is 124 Å². The molecule has 112 valence electrons. The molecule has 1 saturated heterocycles. The van der Waals surface area contributed by atoms with Crippen molar-refractivity contribution in [3.8, 4) is 0 Å². The van der Waals surface area contributed by atoms with Crippen LogP contribution in [0.3, 0.4) is 0 Å². The number of hydrogen-bond donors (Lipinski definition) is 1. The van der Waals surface area contributed by atoms with Gasteiger partial charge in [0.25, 0.3) is 0 Å². The van der Waals surface area contributed by atoms with Gasteiger partial charge in [-0.2, -0.15) is 0 Å². The molecule has 1 fully saturated rings. The molecule has 1 heterocycles. The maximum Gasteiger partial charge on any atom is 0.0504 e. The van der Waals surface area contributed by atoms with Crippen LogP contribution in [0.15, 0.2) is 18.2 Å². The van der Waals surface area contributed by atoms with E-state index < -0.39 is 0 Å². The van der Waals surface area contributed by atoms with E-state index in [9.17, 15) is 0 Å². The van der Waals surface area contributed by atoms with Crippen molar-refractivity contribution in [2.45, 2.75) is 58.5 Å². The highest BCUT2D eigenvalue weighted by molar-refractivity contribution is 5.35. The highest BCUT2D eigenvalue weighted by Gasteiger charge is 2.39. The quantitative estimate of drug-likeness (QED) is 0.878. The predicted octanol–water partition coefficient (Wildman–Crippen LogP) is 3.83. The van der Waals surface area contributed by atoms with Crippen LogP contribution in [0.2, 0.25) is 0 Å². The number of hydrogen-bond acceptors (Lipinski definition) is 2. The van der Waals surface area contributed by atoms with E-state index >= 15 is 0 Å². The number of aryl methyl sites for hydroxylation is 2. The summed E-state index contributed by atoms with van der Waals surface area (Å²) in [4.78, 5) is 2.69. The normalized spacial score (nSPS) is 20.9. The second kappa shape index (κ2) is 6.28. The summed E-state index contributed by atoms with van der Waals surface area (Å²) < 4.78 is 0. The SMILES string of the molecule is CCC(C)(C(NC)c1ccc(C)cc1C)N1CCCC1. The molecule has 2 heteroatoms. The molecule has 0 bridgehead atoms. The number of nitrogens with zero attached hydrogens (tertiary/aromatic N) is 1. The molecular formula is C18H30N2. The van der Waals surface area contributed by atoms with Crippen molar-refractivity contribution < 1.29 is 0 Å². The van der Waals surface area contributed by atoms with Crippen LogP contribution < -0.4 is 5.32 Å². The zero-order valence-electron chi connectivity index (χ0n) is 13.8. The summed E-state index contributed by atoms with van der Waals surface area (Å²) in [6.07, 6.45) is 3.86. The van der Waals surface area contributed by atoms with Gasteiger partial charge in [0.05, 0.1) is 6.04 Å². The van der Waals surface area contributed by atoms with Crippen LogP contribution >= 0.6 is 0 Å². The molecule has 2 nitrogen and oxygen atoms in total. The first-order valence-corrected chi connectivity index (χ1v) is 8.02. The van der Waals surface area contributed by atoms with Gasteiger partial charge in [-0.15, -0.1) is 0 Å². The largest absolute Gasteiger partial charge is 0.311 e. The van der Waals surface area contributed by atoms with Crippen LogP contribution in [0.1, 0.15) is 55.8 Å². The highest BCUT2D eigenvalue weighted by Crippen LogP contribution is 2.37. The van der Waals surface area contributed by atoms with Crippen molar-refractivity contribution in [1.82, 2.24) is 10.2 Å². The maximum absolute atomic E-state index is 3.61. The molecule has 1 aromatic rings. The molecule has 0 aromatic heterocycles. The minimum Gasteiger partial charge on any atom is -0.311 e. The van der Waals surface area contributed by atoms with Crippen molar-refractivity contribution in [1.29, 1.82) is 0 Å². The third-order valence-corrected chi connectivity index (χ3v) is 5.19. The molecule has 1 aromatic carbocycles. The van der Waals surface area contributed by atoms with Gasteiger partial charge in [0.2, 0.25) is 0 Å². The van der Waals surface area contributed by atoms with Crippen molar-refractivity contribution >= 4 is 0 Å². The van der Waals surface area contributed by atoms with Gasteiger partial charge in [-0.1, -0.05) is 30.7 Å². The fourth-order valence-electron chi connectivity index (χ4n) is 3.79. The molecule has 0 radical (unpaired) electrons. The predicted molar refractivity (Wildman–Crippen MR) is 87.2 cm³/mol. The Kier molecular flexibility index (Phi) is 4.87. The lowest BCUT2D eigenvalue weighted by molar-refractivity contribution is 0.0870. The summed E-state index contributed by atoms with van der Waals surface area (Å²) in [6, 6.07) is 7.26. The number of rotatable bonds is 5. The van der Waals surface area contributed by atoms with Gasteiger partial charge in [0.15, 0.2) is 0 Å². The molecule has 1 N–H and O–H groups in total. The number of likely N-dealkylation sites (N-methyl/N-ethyl adjacent to an activating group) is 1. The third kappa shape index (κ3) is 2.77. The van der Waals surface area contributed by atoms with Gasteiger partial charge >= 0.3 is 0 Å². The zero-order valence-corrected chi connectivity index (χ0v) is 13.8. The minimum absolute atomic E-state index is 0.200. The average molecular weight is 274 g/mol. The van der Waals surface area contributed by atoms with Crippen LogP contribution in [0, 0.1) is 13.8 Å². The lowest BCUT2D eigenvalue weighted by atomic mass is 9.81. The molecule has 1 aliphatic rings. The Morgan fingerprint density at radius 3 is 2.40 bits per heavy atom. The number of likely N-dealkylation sites (tertiary alicyclic amines) is 1.